The summed E-state index contributed by atoms with van der Waals surface area (Å²) >= 11 is 3.42. The van der Waals surface area contributed by atoms with Gasteiger partial charge in [0.25, 0.3) is 0 Å². The fourth-order valence-corrected chi connectivity index (χ4v) is 0. The molecule has 32 valence electrons. The zero-order valence-corrected chi connectivity index (χ0v) is 7.08. The van der Waals surface area contributed by atoms with E-state index in [1.165, 1.54) is 0 Å². The Morgan fingerprint density at radius 1 is 1.83 bits per heavy atom. The smallest absolute Gasteiger partial charge is 0.313 e. The molecule has 0 rings (SSSR count). The molecule has 4 heteroatoms. The van der Waals surface area contributed by atoms with Gasteiger partial charge in [0.15, 0.2) is 0 Å². The van der Waals surface area contributed by atoms with E-state index in [9.17, 15) is 4.79 Å². The summed E-state index contributed by atoms with van der Waals surface area (Å²) in [6.07, 6.45) is 0. The Balaban J connectivity index is 0. The molecule has 0 radical (unpaired) electrons. The summed E-state index contributed by atoms with van der Waals surface area (Å²) in [5, 5.41) is 7.65. The van der Waals surface area contributed by atoms with E-state index in [0.29, 0.717) is 0 Å². The van der Waals surface area contributed by atoms with Crippen molar-refractivity contribution in [2.75, 3.05) is 5.75 Å². The summed E-state index contributed by atoms with van der Waals surface area (Å²) in [7, 11) is 0. The van der Waals surface area contributed by atoms with Gasteiger partial charge in [-0.25, -0.2) is 0 Å². The molecule has 0 heterocycles. The van der Waals surface area contributed by atoms with E-state index < -0.39 is 5.97 Å². The standard InChI is InChI=1S/C2H4O2S.Zn/c3-2(4)1-5;/h5H,1H2,(H,3,4);. The second-order valence-electron chi connectivity index (χ2n) is 0.552. The van der Waals surface area contributed by atoms with Crippen LogP contribution < -0.4 is 0 Å². The van der Waals surface area contributed by atoms with Crippen LogP contribution in [-0.2, 0) is 24.3 Å². The summed E-state index contributed by atoms with van der Waals surface area (Å²) < 4.78 is 0. The number of aliphatic carboxylic acids is 1. The van der Waals surface area contributed by atoms with Crippen molar-refractivity contribution in [1.82, 2.24) is 0 Å². The zero-order chi connectivity index (χ0) is 4.28. The van der Waals surface area contributed by atoms with Gasteiger partial charge in [-0.2, -0.15) is 12.6 Å². The van der Waals surface area contributed by atoms with E-state index in [2.05, 4.69) is 12.6 Å². The summed E-state index contributed by atoms with van der Waals surface area (Å²) in [4.78, 5) is 9.29. The fraction of sp³-hybridized carbons (Fsp3) is 0.500. The largest absolute Gasteiger partial charge is 0.481 e. The minimum Gasteiger partial charge on any atom is -0.481 e. The van der Waals surface area contributed by atoms with E-state index in [-0.39, 0.29) is 25.2 Å². The van der Waals surface area contributed by atoms with Crippen LogP contribution in [0.25, 0.3) is 0 Å². The van der Waals surface area contributed by atoms with Gasteiger partial charge in [0.1, 0.15) is 0 Å². The first-order valence-electron chi connectivity index (χ1n) is 1.10. The molecule has 6 heavy (non-hydrogen) atoms. The molecule has 0 fully saturated rings. The number of rotatable bonds is 1. The van der Waals surface area contributed by atoms with Crippen LogP contribution in [0.3, 0.4) is 0 Å². The molecule has 0 aliphatic heterocycles. The summed E-state index contributed by atoms with van der Waals surface area (Å²) in [5.74, 6) is -0.965. The van der Waals surface area contributed by atoms with E-state index in [1.54, 1.807) is 0 Å². The fourth-order valence-electron chi connectivity index (χ4n) is 0. The Labute approximate surface area is 54.1 Å². The van der Waals surface area contributed by atoms with Gasteiger partial charge < -0.3 is 5.11 Å². The summed E-state index contributed by atoms with van der Waals surface area (Å²) in [5.41, 5.74) is 0. The second-order valence-corrected chi connectivity index (χ2v) is 0.868. The first-order valence-corrected chi connectivity index (χ1v) is 1.73. The maximum atomic E-state index is 9.29. The van der Waals surface area contributed by atoms with Gasteiger partial charge in [-0.05, 0) is 0 Å². The minimum atomic E-state index is -0.881. The zero-order valence-electron chi connectivity index (χ0n) is 3.22. The molecule has 0 saturated heterocycles. The summed E-state index contributed by atoms with van der Waals surface area (Å²) in [6.45, 7) is 0. The van der Waals surface area contributed by atoms with Crippen molar-refractivity contribution < 1.29 is 29.4 Å². The van der Waals surface area contributed by atoms with Gasteiger partial charge in [-0.1, -0.05) is 0 Å². The number of carboxylic acid groups (broad SMARTS) is 1. The van der Waals surface area contributed by atoms with Crippen molar-refractivity contribution in [2.45, 2.75) is 0 Å². The number of thiol groups is 1. The first kappa shape index (κ1) is 9.67. The predicted molar refractivity (Wildman–Crippen MR) is 21.5 cm³/mol. The van der Waals surface area contributed by atoms with E-state index in [0.717, 1.165) is 0 Å². The van der Waals surface area contributed by atoms with Crippen molar-refractivity contribution in [3.63, 3.8) is 0 Å². The Morgan fingerprint density at radius 2 is 2.00 bits per heavy atom. The van der Waals surface area contributed by atoms with Gasteiger partial charge in [0.05, 0.1) is 5.75 Å². The van der Waals surface area contributed by atoms with E-state index >= 15 is 0 Å². The molecule has 0 saturated carbocycles. The third kappa shape index (κ3) is 8.82. The molecular weight excluding hydrogens is 153 g/mol. The number of hydrogen-bond donors (Lipinski definition) is 2. The van der Waals surface area contributed by atoms with Crippen molar-refractivity contribution >= 4 is 18.6 Å². The van der Waals surface area contributed by atoms with Crippen LogP contribution in [0.15, 0.2) is 0 Å². The molecule has 0 bridgehead atoms. The van der Waals surface area contributed by atoms with Crippen LogP contribution >= 0.6 is 12.6 Å². The Hall–Kier alpha value is 0.443. The Kier molecular flexibility index (Phi) is 8.77. The molecule has 0 aromatic heterocycles. The average molecular weight is 158 g/mol. The van der Waals surface area contributed by atoms with Gasteiger partial charge in [-0.15, -0.1) is 0 Å². The predicted octanol–water partition coefficient (Wildman–Crippen LogP) is -0.00170. The van der Waals surface area contributed by atoms with Crippen molar-refractivity contribution in [3.05, 3.63) is 0 Å². The third-order valence-corrected chi connectivity index (χ3v) is 0.406. The van der Waals surface area contributed by atoms with Gasteiger partial charge in [-0.3, -0.25) is 4.79 Å². The average Bonchev–Trinajstić information content (AvgIpc) is 1.38. The minimum absolute atomic E-state index is 0. The van der Waals surface area contributed by atoms with Crippen LogP contribution in [0.4, 0.5) is 0 Å². The Bertz CT molecular complexity index is 46.8. The SMILES string of the molecule is O=C(O)CS.[Zn]. The molecule has 1 N–H and O–H groups in total. The molecule has 0 aliphatic carbocycles. The molecular formula is C2H4O2SZn. The number of hydrogen-bond acceptors (Lipinski definition) is 2. The molecule has 0 amide bonds. The number of carboxylic acids is 1. The summed E-state index contributed by atoms with van der Waals surface area (Å²) in [6, 6.07) is 0. The molecule has 0 aromatic rings. The van der Waals surface area contributed by atoms with Gasteiger partial charge in [0, 0.05) is 19.5 Å². The topological polar surface area (TPSA) is 37.3 Å². The molecule has 0 aliphatic rings. The van der Waals surface area contributed by atoms with Crippen LogP contribution in [0.2, 0.25) is 0 Å². The third-order valence-electron chi connectivity index (χ3n) is 0.135. The maximum absolute atomic E-state index is 9.29. The number of carbonyl (C=O) groups is 1. The van der Waals surface area contributed by atoms with Crippen molar-refractivity contribution in [2.24, 2.45) is 0 Å². The van der Waals surface area contributed by atoms with E-state index in [1.807, 2.05) is 0 Å². The van der Waals surface area contributed by atoms with Crippen LogP contribution in [0, 0.1) is 0 Å². The first-order chi connectivity index (χ1) is 2.27. The monoisotopic (exact) mass is 156 g/mol. The van der Waals surface area contributed by atoms with Crippen molar-refractivity contribution in [3.8, 4) is 0 Å². The second kappa shape index (κ2) is 5.44. The van der Waals surface area contributed by atoms with Crippen LogP contribution in [-0.4, -0.2) is 16.8 Å². The van der Waals surface area contributed by atoms with Gasteiger partial charge >= 0.3 is 5.97 Å². The Morgan fingerprint density at radius 3 is 2.00 bits per heavy atom. The van der Waals surface area contributed by atoms with Crippen molar-refractivity contribution in [1.29, 1.82) is 0 Å². The van der Waals surface area contributed by atoms with Crippen LogP contribution in [0.5, 0.6) is 0 Å². The quantitative estimate of drug-likeness (QED) is 0.415. The molecule has 0 unspecified atom stereocenters. The molecule has 0 spiro atoms. The molecule has 0 aromatic carbocycles. The molecule has 2 nitrogen and oxygen atoms in total. The molecule has 0 atom stereocenters. The normalized spacial score (nSPS) is 6.17. The van der Waals surface area contributed by atoms with Gasteiger partial charge in [0.2, 0.25) is 0 Å². The maximum Gasteiger partial charge on any atom is 0.313 e. The van der Waals surface area contributed by atoms with Crippen LogP contribution in [0.1, 0.15) is 0 Å². The van der Waals surface area contributed by atoms with E-state index in [4.69, 9.17) is 5.11 Å².